The van der Waals surface area contributed by atoms with Gasteiger partial charge in [0, 0.05) is 45.4 Å². The van der Waals surface area contributed by atoms with Crippen molar-refractivity contribution in [2.24, 2.45) is 0 Å². The molecule has 0 radical (unpaired) electrons. The van der Waals surface area contributed by atoms with Crippen LogP contribution >= 0.6 is 0 Å². The molecule has 32 heavy (non-hydrogen) atoms. The lowest BCUT2D eigenvalue weighted by Gasteiger charge is -2.28. The molecule has 3 rings (SSSR count). The second-order valence-corrected chi connectivity index (χ2v) is 7.12. The van der Waals surface area contributed by atoms with E-state index in [1.807, 2.05) is 0 Å². The summed E-state index contributed by atoms with van der Waals surface area (Å²) in [7, 11) is 0. The Balaban J connectivity index is 1.95. The highest BCUT2D eigenvalue weighted by Crippen LogP contribution is 2.43. The number of rotatable bonds is 5. The first kappa shape index (κ1) is 22.8. The van der Waals surface area contributed by atoms with Crippen LogP contribution in [0.2, 0.25) is 0 Å². The monoisotopic (exact) mass is 442 g/mol. The third-order valence-electron chi connectivity index (χ3n) is 4.43. The first-order chi connectivity index (χ1) is 15.1. The molecule has 2 aromatic rings. The van der Waals surface area contributed by atoms with Crippen LogP contribution in [0, 0.1) is 0 Å². The van der Waals surface area contributed by atoms with Gasteiger partial charge in [0.05, 0.1) is 0 Å². The molecule has 0 saturated heterocycles. The van der Waals surface area contributed by atoms with Crippen LogP contribution in [0.3, 0.4) is 0 Å². The maximum absolute atomic E-state index is 11.5. The van der Waals surface area contributed by atoms with Crippen LogP contribution in [0.25, 0.3) is 0 Å². The highest BCUT2D eigenvalue weighted by atomic mass is 16.6. The maximum Gasteiger partial charge on any atom is 0.308 e. The quantitative estimate of drug-likeness (QED) is 0.507. The van der Waals surface area contributed by atoms with Crippen molar-refractivity contribution in [2.45, 2.75) is 46.6 Å². The molecule has 0 bridgehead atoms. The van der Waals surface area contributed by atoms with Crippen molar-refractivity contribution < 1.29 is 42.9 Å². The minimum absolute atomic E-state index is 0.0915. The number of fused-ring (bicyclic) bond motifs is 1. The van der Waals surface area contributed by atoms with Gasteiger partial charge in [0.2, 0.25) is 0 Å². The zero-order valence-electron chi connectivity index (χ0n) is 18.1. The minimum Gasteiger partial charge on any atom is -0.485 e. The second-order valence-electron chi connectivity index (χ2n) is 7.12. The number of carbonyl (C=O) groups is 4. The fraction of sp³-hybridized carbons (Fsp3) is 0.304. The Hall–Kier alpha value is -3.88. The third-order valence-corrected chi connectivity index (χ3v) is 4.43. The van der Waals surface area contributed by atoms with Gasteiger partial charge in [-0.2, -0.15) is 0 Å². The summed E-state index contributed by atoms with van der Waals surface area (Å²) in [6.07, 6.45) is 0.596. The lowest BCUT2D eigenvalue weighted by Crippen LogP contribution is -2.17. The minimum atomic E-state index is -0.567. The standard InChI is InChI=1S/C23H22O9/c1-12(24)28-17-10-21(30-14(3)26)18-6-8-19(32-22(18)11-17)16-5-7-20(29-13(2)25)23(9-16)31-15(4)27/h5,7,9-11,19H,6,8H2,1-4H3. The van der Waals surface area contributed by atoms with E-state index in [2.05, 4.69) is 0 Å². The molecule has 0 N–H and O–H groups in total. The Morgan fingerprint density at radius 1 is 0.750 bits per heavy atom. The van der Waals surface area contributed by atoms with Gasteiger partial charge in [-0.3, -0.25) is 19.2 Å². The van der Waals surface area contributed by atoms with E-state index in [1.54, 1.807) is 18.2 Å². The third kappa shape index (κ3) is 5.63. The molecule has 0 aromatic heterocycles. The normalized spacial score (nSPS) is 14.4. The summed E-state index contributed by atoms with van der Waals surface area (Å²) in [5.74, 6) is -1.12. The molecule has 2 aromatic carbocycles. The molecular formula is C23H22O9. The Bertz CT molecular complexity index is 1090. The van der Waals surface area contributed by atoms with E-state index in [-0.39, 0.29) is 23.0 Å². The largest absolute Gasteiger partial charge is 0.485 e. The summed E-state index contributed by atoms with van der Waals surface area (Å²) in [5, 5.41) is 0. The van der Waals surface area contributed by atoms with Crippen LogP contribution in [0.4, 0.5) is 0 Å². The van der Waals surface area contributed by atoms with E-state index in [9.17, 15) is 19.2 Å². The summed E-state index contributed by atoms with van der Waals surface area (Å²) in [6.45, 7) is 5.02. The highest BCUT2D eigenvalue weighted by molar-refractivity contribution is 5.74. The predicted molar refractivity (Wildman–Crippen MR) is 110 cm³/mol. The summed E-state index contributed by atoms with van der Waals surface area (Å²) in [5.41, 5.74) is 1.35. The molecule has 168 valence electrons. The van der Waals surface area contributed by atoms with Gasteiger partial charge in [-0.25, -0.2) is 0 Å². The van der Waals surface area contributed by atoms with Gasteiger partial charge in [0.25, 0.3) is 0 Å². The molecule has 1 atom stereocenters. The fourth-order valence-electron chi connectivity index (χ4n) is 3.34. The predicted octanol–water partition coefficient (Wildman–Crippen LogP) is 3.45. The topological polar surface area (TPSA) is 114 Å². The van der Waals surface area contributed by atoms with E-state index >= 15 is 0 Å². The first-order valence-electron chi connectivity index (χ1n) is 9.83. The van der Waals surface area contributed by atoms with Crippen LogP contribution in [-0.2, 0) is 25.6 Å². The van der Waals surface area contributed by atoms with Gasteiger partial charge in [0.15, 0.2) is 11.5 Å². The number of hydrogen-bond acceptors (Lipinski definition) is 9. The number of hydrogen-bond donors (Lipinski definition) is 0. The smallest absolute Gasteiger partial charge is 0.308 e. The average molecular weight is 442 g/mol. The van der Waals surface area contributed by atoms with Gasteiger partial charge < -0.3 is 23.7 Å². The molecule has 0 spiro atoms. The van der Waals surface area contributed by atoms with E-state index in [1.165, 1.54) is 39.8 Å². The lowest BCUT2D eigenvalue weighted by atomic mass is 9.96. The Morgan fingerprint density at radius 3 is 1.97 bits per heavy atom. The van der Waals surface area contributed by atoms with Crippen molar-refractivity contribution in [3.05, 3.63) is 41.5 Å². The van der Waals surface area contributed by atoms with Crippen molar-refractivity contribution in [2.75, 3.05) is 0 Å². The van der Waals surface area contributed by atoms with Crippen LogP contribution in [-0.4, -0.2) is 23.9 Å². The van der Waals surface area contributed by atoms with Crippen LogP contribution in [0.5, 0.6) is 28.7 Å². The van der Waals surface area contributed by atoms with E-state index in [0.717, 1.165) is 0 Å². The number of benzene rings is 2. The van der Waals surface area contributed by atoms with Gasteiger partial charge in [-0.1, -0.05) is 6.07 Å². The molecule has 0 aliphatic carbocycles. The Morgan fingerprint density at radius 2 is 1.34 bits per heavy atom. The van der Waals surface area contributed by atoms with Crippen LogP contribution in [0.15, 0.2) is 30.3 Å². The molecule has 1 heterocycles. The molecule has 9 nitrogen and oxygen atoms in total. The molecule has 1 unspecified atom stereocenters. The van der Waals surface area contributed by atoms with E-state index in [0.29, 0.717) is 29.7 Å². The van der Waals surface area contributed by atoms with E-state index in [4.69, 9.17) is 23.7 Å². The number of ether oxygens (including phenoxy) is 5. The fourth-order valence-corrected chi connectivity index (χ4v) is 3.34. The van der Waals surface area contributed by atoms with Crippen molar-refractivity contribution in [1.29, 1.82) is 0 Å². The molecule has 1 aliphatic heterocycles. The zero-order valence-corrected chi connectivity index (χ0v) is 18.1. The summed E-state index contributed by atoms with van der Waals surface area (Å²) >= 11 is 0. The number of esters is 4. The van der Waals surface area contributed by atoms with Crippen molar-refractivity contribution in [3.63, 3.8) is 0 Å². The van der Waals surface area contributed by atoms with Crippen LogP contribution < -0.4 is 23.7 Å². The Kier molecular flexibility index (Phi) is 6.77. The molecule has 0 fully saturated rings. The molecule has 9 heteroatoms. The first-order valence-corrected chi connectivity index (χ1v) is 9.83. The SMILES string of the molecule is CC(=O)Oc1cc(OC(C)=O)c2c(c1)OC(c1ccc(OC(C)=O)c(OC(C)=O)c1)CC2. The number of carbonyl (C=O) groups excluding carboxylic acids is 4. The molecule has 1 aliphatic rings. The van der Waals surface area contributed by atoms with Gasteiger partial charge in [0.1, 0.15) is 23.4 Å². The van der Waals surface area contributed by atoms with Crippen molar-refractivity contribution in [1.82, 2.24) is 0 Å². The average Bonchev–Trinajstić information content (AvgIpc) is 2.67. The highest BCUT2D eigenvalue weighted by Gasteiger charge is 2.27. The van der Waals surface area contributed by atoms with Gasteiger partial charge >= 0.3 is 23.9 Å². The zero-order chi connectivity index (χ0) is 23.4. The molecule has 0 amide bonds. The Labute approximate surface area is 184 Å². The van der Waals surface area contributed by atoms with Crippen molar-refractivity contribution >= 4 is 23.9 Å². The maximum atomic E-state index is 11.5. The van der Waals surface area contributed by atoms with E-state index < -0.39 is 30.0 Å². The summed E-state index contributed by atoms with van der Waals surface area (Å²) < 4.78 is 26.8. The summed E-state index contributed by atoms with van der Waals surface area (Å²) in [4.78, 5) is 45.7. The molecular weight excluding hydrogens is 420 g/mol. The van der Waals surface area contributed by atoms with Gasteiger partial charge in [-0.05, 0) is 30.5 Å². The summed E-state index contributed by atoms with van der Waals surface area (Å²) in [6, 6.07) is 7.81. The second kappa shape index (κ2) is 9.51. The van der Waals surface area contributed by atoms with Crippen molar-refractivity contribution in [3.8, 4) is 28.7 Å². The van der Waals surface area contributed by atoms with Crippen LogP contribution in [0.1, 0.15) is 51.3 Å². The lowest BCUT2D eigenvalue weighted by molar-refractivity contribution is -0.134. The molecule has 0 saturated carbocycles. The van der Waals surface area contributed by atoms with Gasteiger partial charge in [-0.15, -0.1) is 0 Å².